The Kier molecular flexibility index (Phi) is 6.86. The molecular formula is C21H28N2O3. The maximum atomic E-state index is 12.3. The second kappa shape index (κ2) is 9.55. The number of nitrogens with one attached hydrogen (secondary N) is 1. The average Bonchev–Trinajstić information content (AvgIpc) is 3.19. The minimum absolute atomic E-state index is 0.0641. The molecule has 1 N–H and O–H groups in total. The summed E-state index contributed by atoms with van der Waals surface area (Å²) in [6.07, 6.45) is 4.03. The molecule has 2 heterocycles. The Morgan fingerprint density at radius 1 is 1.19 bits per heavy atom. The topological polar surface area (TPSA) is 54.7 Å². The number of rotatable bonds is 8. The SMILES string of the molecule is Cc1ccccc1CCCC(=O)NCC(c1ccco1)N1CCOCC1. The van der Waals surface area contributed by atoms with Crippen LogP contribution >= 0.6 is 0 Å². The summed E-state index contributed by atoms with van der Waals surface area (Å²) in [5, 5.41) is 3.09. The fourth-order valence-electron chi connectivity index (χ4n) is 3.41. The van der Waals surface area contributed by atoms with Gasteiger partial charge in [0, 0.05) is 26.1 Å². The lowest BCUT2D eigenvalue weighted by Gasteiger charge is -2.33. The molecule has 0 bridgehead atoms. The van der Waals surface area contributed by atoms with Gasteiger partial charge in [0.25, 0.3) is 0 Å². The largest absolute Gasteiger partial charge is 0.468 e. The molecule has 1 amide bonds. The molecule has 5 heteroatoms. The molecule has 1 aliphatic heterocycles. The van der Waals surface area contributed by atoms with Crippen LogP contribution in [0.1, 0.15) is 35.8 Å². The summed E-state index contributed by atoms with van der Waals surface area (Å²) in [5.74, 6) is 0.996. The minimum atomic E-state index is 0.0641. The van der Waals surface area contributed by atoms with Gasteiger partial charge < -0.3 is 14.5 Å². The van der Waals surface area contributed by atoms with Crippen LogP contribution in [0.25, 0.3) is 0 Å². The standard InChI is InChI=1S/C21H28N2O3/c1-17-6-2-3-7-18(17)8-4-10-21(24)22-16-19(20-9-5-13-26-20)23-11-14-25-15-12-23/h2-3,5-7,9,13,19H,4,8,10-12,14-16H2,1H3,(H,22,24). The van der Waals surface area contributed by atoms with Crippen LogP contribution < -0.4 is 5.32 Å². The third-order valence-corrected chi connectivity index (χ3v) is 4.96. The van der Waals surface area contributed by atoms with Crippen molar-refractivity contribution in [2.75, 3.05) is 32.8 Å². The summed E-state index contributed by atoms with van der Waals surface area (Å²) in [6, 6.07) is 12.3. The van der Waals surface area contributed by atoms with Crippen LogP contribution in [0.5, 0.6) is 0 Å². The lowest BCUT2D eigenvalue weighted by atomic mass is 10.0. The van der Waals surface area contributed by atoms with E-state index in [1.807, 2.05) is 18.2 Å². The number of morpholine rings is 1. The van der Waals surface area contributed by atoms with Crippen LogP contribution in [0.4, 0.5) is 0 Å². The molecule has 0 aliphatic carbocycles. The smallest absolute Gasteiger partial charge is 0.220 e. The predicted molar refractivity (Wildman–Crippen MR) is 101 cm³/mol. The number of amides is 1. The van der Waals surface area contributed by atoms with Gasteiger partial charge in [-0.25, -0.2) is 0 Å². The first-order chi connectivity index (χ1) is 12.7. The Morgan fingerprint density at radius 3 is 2.73 bits per heavy atom. The first-order valence-electron chi connectivity index (χ1n) is 9.40. The van der Waals surface area contributed by atoms with Gasteiger partial charge in [0.05, 0.1) is 25.5 Å². The van der Waals surface area contributed by atoms with Gasteiger partial charge in [-0.05, 0) is 43.0 Å². The van der Waals surface area contributed by atoms with E-state index in [0.717, 1.165) is 44.9 Å². The predicted octanol–water partition coefficient (Wildman–Crippen LogP) is 3.10. The van der Waals surface area contributed by atoms with Crippen molar-refractivity contribution in [3.8, 4) is 0 Å². The van der Waals surface area contributed by atoms with E-state index in [0.29, 0.717) is 13.0 Å². The molecule has 1 fully saturated rings. The van der Waals surface area contributed by atoms with Gasteiger partial charge in [0.1, 0.15) is 5.76 Å². The van der Waals surface area contributed by atoms with Crippen LogP contribution in [0, 0.1) is 6.92 Å². The molecule has 1 atom stereocenters. The van der Waals surface area contributed by atoms with Crippen molar-refractivity contribution in [2.24, 2.45) is 0 Å². The molecule has 1 aliphatic rings. The summed E-state index contributed by atoms with van der Waals surface area (Å²) < 4.78 is 11.0. The van der Waals surface area contributed by atoms with Gasteiger partial charge >= 0.3 is 0 Å². The number of hydrogen-bond donors (Lipinski definition) is 1. The molecule has 5 nitrogen and oxygen atoms in total. The van der Waals surface area contributed by atoms with Crippen molar-refractivity contribution in [3.05, 3.63) is 59.5 Å². The molecule has 0 saturated carbocycles. The zero-order valence-corrected chi connectivity index (χ0v) is 15.4. The Hall–Kier alpha value is -2.11. The Balaban J connectivity index is 1.47. The second-order valence-electron chi connectivity index (χ2n) is 6.76. The molecule has 26 heavy (non-hydrogen) atoms. The van der Waals surface area contributed by atoms with Gasteiger partial charge in [-0.15, -0.1) is 0 Å². The summed E-state index contributed by atoms with van der Waals surface area (Å²) in [4.78, 5) is 14.6. The minimum Gasteiger partial charge on any atom is -0.468 e. The molecule has 3 rings (SSSR count). The van der Waals surface area contributed by atoms with Gasteiger partial charge in [-0.2, -0.15) is 0 Å². The van der Waals surface area contributed by atoms with Crippen molar-refractivity contribution < 1.29 is 13.9 Å². The molecule has 1 aromatic carbocycles. The highest BCUT2D eigenvalue weighted by molar-refractivity contribution is 5.75. The highest BCUT2D eigenvalue weighted by Gasteiger charge is 2.25. The third-order valence-electron chi connectivity index (χ3n) is 4.96. The molecule has 1 saturated heterocycles. The van der Waals surface area contributed by atoms with E-state index >= 15 is 0 Å². The Bertz CT molecular complexity index is 678. The highest BCUT2D eigenvalue weighted by Crippen LogP contribution is 2.21. The van der Waals surface area contributed by atoms with Crippen molar-refractivity contribution in [1.82, 2.24) is 10.2 Å². The highest BCUT2D eigenvalue weighted by atomic mass is 16.5. The summed E-state index contributed by atoms with van der Waals surface area (Å²) >= 11 is 0. The quantitative estimate of drug-likeness (QED) is 0.790. The maximum Gasteiger partial charge on any atom is 0.220 e. The summed E-state index contributed by atoms with van der Waals surface area (Å²) in [6.45, 7) is 5.84. The number of hydrogen-bond acceptors (Lipinski definition) is 4. The molecule has 2 aromatic rings. The van der Waals surface area contributed by atoms with Crippen molar-refractivity contribution in [3.63, 3.8) is 0 Å². The number of carbonyl (C=O) groups is 1. The maximum absolute atomic E-state index is 12.3. The van der Waals surface area contributed by atoms with Crippen LogP contribution in [-0.2, 0) is 16.0 Å². The fraction of sp³-hybridized carbons (Fsp3) is 0.476. The molecular weight excluding hydrogens is 328 g/mol. The van der Waals surface area contributed by atoms with Crippen LogP contribution in [-0.4, -0.2) is 43.7 Å². The fourth-order valence-corrected chi connectivity index (χ4v) is 3.41. The molecule has 1 unspecified atom stereocenters. The van der Waals surface area contributed by atoms with Gasteiger partial charge in [0.2, 0.25) is 5.91 Å². The molecule has 1 aromatic heterocycles. The lowest BCUT2D eigenvalue weighted by Crippen LogP contribution is -2.43. The number of aryl methyl sites for hydroxylation is 2. The summed E-state index contributed by atoms with van der Waals surface area (Å²) in [7, 11) is 0. The zero-order valence-electron chi connectivity index (χ0n) is 15.4. The van der Waals surface area contributed by atoms with Gasteiger partial charge in [-0.3, -0.25) is 9.69 Å². The van der Waals surface area contributed by atoms with Crippen molar-refractivity contribution >= 4 is 5.91 Å². The normalized spacial score (nSPS) is 16.3. The van der Waals surface area contributed by atoms with Crippen LogP contribution in [0.3, 0.4) is 0 Å². The Labute approximate surface area is 155 Å². The Morgan fingerprint density at radius 2 is 2.00 bits per heavy atom. The first-order valence-corrected chi connectivity index (χ1v) is 9.40. The molecule has 0 radical (unpaired) electrons. The van der Waals surface area contributed by atoms with Gasteiger partial charge in [0.15, 0.2) is 0 Å². The van der Waals surface area contributed by atoms with Gasteiger partial charge in [-0.1, -0.05) is 24.3 Å². The number of carbonyl (C=O) groups excluding carboxylic acids is 1. The van der Waals surface area contributed by atoms with E-state index in [9.17, 15) is 4.79 Å². The number of nitrogens with zero attached hydrogens (tertiary/aromatic N) is 1. The molecule has 0 spiro atoms. The van der Waals surface area contributed by atoms with Crippen LogP contribution in [0.15, 0.2) is 47.1 Å². The average molecular weight is 356 g/mol. The van der Waals surface area contributed by atoms with E-state index in [2.05, 4.69) is 35.3 Å². The third kappa shape index (κ3) is 5.19. The van der Waals surface area contributed by atoms with E-state index in [1.165, 1.54) is 11.1 Å². The van der Waals surface area contributed by atoms with Crippen LogP contribution in [0.2, 0.25) is 0 Å². The van der Waals surface area contributed by atoms with E-state index < -0.39 is 0 Å². The number of furan rings is 1. The zero-order chi connectivity index (χ0) is 18.2. The van der Waals surface area contributed by atoms with E-state index in [4.69, 9.17) is 9.15 Å². The van der Waals surface area contributed by atoms with E-state index in [1.54, 1.807) is 6.26 Å². The monoisotopic (exact) mass is 356 g/mol. The molecule has 140 valence electrons. The lowest BCUT2D eigenvalue weighted by molar-refractivity contribution is -0.121. The van der Waals surface area contributed by atoms with Crippen molar-refractivity contribution in [2.45, 2.75) is 32.2 Å². The summed E-state index contributed by atoms with van der Waals surface area (Å²) in [5.41, 5.74) is 2.61. The van der Waals surface area contributed by atoms with E-state index in [-0.39, 0.29) is 11.9 Å². The van der Waals surface area contributed by atoms with Crippen molar-refractivity contribution in [1.29, 1.82) is 0 Å². The number of ether oxygens (including phenoxy) is 1. The number of benzene rings is 1. The first kappa shape index (κ1) is 18.7. The second-order valence-corrected chi connectivity index (χ2v) is 6.76.